The molecule has 31 heavy (non-hydrogen) atoms. The van der Waals surface area contributed by atoms with Crippen molar-refractivity contribution in [1.82, 2.24) is 4.31 Å². The summed E-state index contributed by atoms with van der Waals surface area (Å²) in [5, 5.41) is 1.94. The molecule has 4 rings (SSSR count). The number of thiophene rings is 1. The van der Waals surface area contributed by atoms with Gasteiger partial charge in [-0.3, -0.25) is 4.79 Å². The largest absolute Gasteiger partial charge is 0.493 e. The minimum Gasteiger partial charge on any atom is -0.493 e. The van der Waals surface area contributed by atoms with Crippen LogP contribution in [0.3, 0.4) is 0 Å². The number of rotatable bonds is 6. The number of ether oxygens (including phenoxy) is 2. The highest BCUT2D eigenvalue weighted by Gasteiger charge is 2.38. The fraction of sp³-hybridized carbons (Fsp3) is 0.261. The molecule has 0 radical (unpaired) electrons. The van der Waals surface area contributed by atoms with Crippen molar-refractivity contribution in [3.63, 3.8) is 0 Å². The first kappa shape index (κ1) is 21.5. The highest BCUT2D eigenvalue weighted by molar-refractivity contribution is 7.89. The highest BCUT2D eigenvalue weighted by atomic mass is 32.2. The van der Waals surface area contributed by atoms with Gasteiger partial charge in [-0.15, -0.1) is 11.3 Å². The van der Waals surface area contributed by atoms with E-state index in [1.54, 1.807) is 26.4 Å². The zero-order chi connectivity index (χ0) is 22.2. The molecule has 162 valence electrons. The van der Waals surface area contributed by atoms with Crippen LogP contribution in [0.4, 0.5) is 0 Å². The second kappa shape index (κ2) is 8.45. The van der Waals surface area contributed by atoms with Crippen molar-refractivity contribution in [2.24, 2.45) is 0 Å². The Morgan fingerprint density at radius 3 is 2.45 bits per heavy atom. The number of hydrogen-bond donors (Lipinski definition) is 0. The van der Waals surface area contributed by atoms with Gasteiger partial charge in [0, 0.05) is 17.0 Å². The maximum atomic E-state index is 13.7. The third kappa shape index (κ3) is 3.86. The molecule has 0 N–H and O–H groups in total. The Morgan fingerprint density at radius 2 is 1.81 bits per heavy atom. The summed E-state index contributed by atoms with van der Waals surface area (Å²) in [7, 11) is -0.705. The van der Waals surface area contributed by atoms with Crippen LogP contribution in [0, 0.1) is 0 Å². The first-order valence-electron chi connectivity index (χ1n) is 9.78. The Balaban J connectivity index is 1.87. The number of carbonyl (C=O) groups excluding carboxylic acids is 1. The summed E-state index contributed by atoms with van der Waals surface area (Å²) in [5.74, 6) is 1.00. The molecule has 0 amide bonds. The van der Waals surface area contributed by atoms with E-state index in [0.717, 1.165) is 16.0 Å². The van der Waals surface area contributed by atoms with Gasteiger partial charge in [-0.1, -0.05) is 18.2 Å². The fourth-order valence-electron chi connectivity index (χ4n) is 3.93. The third-order valence-electron chi connectivity index (χ3n) is 5.49. The van der Waals surface area contributed by atoms with Crippen molar-refractivity contribution in [1.29, 1.82) is 0 Å². The summed E-state index contributed by atoms with van der Waals surface area (Å²) in [6.07, 6.45) is 0.545. The minimum absolute atomic E-state index is 0.116. The Kier molecular flexibility index (Phi) is 5.88. The topological polar surface area (TPSA) is 72.9 Å². The lowest BCUT2D eigenvalue weighted by atomic mass is 9.92. The molecule has 2 aromatic carbocycles. The quantitative estimate of drug-likeness (QED) is 0.516. The maximum Gasteiger partial charge on any atom is 0.244 e. The molecule has 0 bridgehead atoms. The first-order valence-corrected chi connectivity index (χ1v) is 12.1. The summed E-state index contributed by atoms with van der Waals surface area (Å²) in [6, 6.07) is 13.4. The Morgan fingerprint density at radius 1 is 1.06 bits per heavy atom. The average molecular weight is 458 g/mol. The molecule has 0 fully saturated rings. The van der Waals surface area contributed by atoms with Crippen LogP contribution in [0.25, 0.3) is 0 Å². The van der Waals surface area contributed by atoms with Crippen molar-refractivity contribution in [2.75, 3.05) is 20.8 Å². The molecule has 1 aromatic heterocycles. The van der Waals surface area contributed by atoms with E-state index in [1.807, 2.05) is 29.6 Å². The van der Waals surface area contributed by atoms with Gasteiger partial charge in [-0.2, -0.15) is 4.31 Å². The van der Waals surface area contributed by atoms with Crippen molar-refractivity contribution in [2.45, 2.75) is 24.3 Å². The number of fused-ring (bicyclic) bond motifs is 1. The number of Topliss-reactive ketones (excluding diaryl/α,β-unsaturated/α-hetero) is 1. The summed E-state index contributed by atoms with van der Waals surface area (Å²) in [4.78, 5) is 12.8. The lowest BCUT2D eigenvalue weighted by Crippen LogP contribution is -2.40. The molecule has 0 spiro atoms. The van der Waals surface area contributed by atoms with Gasteiger partial charge in [0.25, 0.3) is 0 Å². The molecule has 0 saturated heterocycles. The molecule has 6 nitrogen and oxygen atoms in total. The van der Waals surface area contributed by atoms with Crippen LogP contribution < -0.4 is 9.47 Å². The Labute approximate surface area is 186 Å². The van der Waals surface area contributed by atoms with Crippen molar-refractivity contribution >= 4 is 27.1 Å². The van der Waals surface area contributed by atoms with Crippen LogP contribution in [0.1, 0.15) is 39.3 Å². The average Bonchev–Trinajstić information content (AvgIpc) is 3.31. The minimum atomic E-state index is -3.86. The van der Waals surface area contributed by atoms with Crippen LogP contribution in [-0.4, -0.2) is 39.3 Å². The number of methoxy groups -OCH3 is 2. The zero-order valence-corrected chi connectivity index (χ0v) is 19.1. The van der Waals surface area contributed by atoms with Crippen LogP contribution in [0.5, 0.6) is 11.5 Å². The lowest BCUT2D eigenvalue weighted by Gasteiger charge is -2.36. The number of sulfonamides is 1. The number of carbonyl (C=O) groups is 1. The fourth-order valence-corrected chi connectivity index (χ4v) is 6.49. The lowest BCUT2D eigenvalue weighted by molar-refractivity contribution is 0.101. The van der Waals surface area contributed by atoms with Gasteiger partial charge in [0.05, 0.1) is 25.2 Å². The molecule has 1 aliphatic heterocycles. The summed E-state index contributed by atoms with van der Waals surface area (Å²) < 4.78 is 39.9. The normalized spacial score (nSPS) is 16.5. The van der Waals surface area contributed by atoms with Crippen LogP contribution in [-0.2, 0) is 16.4 Å². The standard InChI is InChI=1S/C23H23NO5S2/c1-15(25)16-6-4-7-18(12-16)31(26,27)24-10-9-17-13-20(28-2)21(29-3)14-19(17)23(24)22-8-5-11-30-22/h4-8,11-14,23H,9-10H2,1-3H3. The van der Waals surface area contributed by atoms with E-state index in [9.17, 15) is 13.2 Å². The van der Waals surface area contributed by atoms with E-state index in [0.29, 0.717) is 30.0 Å². The summed E-state index contributed by atoms with van der Waals surface area (Å²) >= 11 is 1.51. The molecular weight excluding hydrogens is 434 g/mol. The highest BCUT2D eigenvalue weighted by Crippen LogP contribution is 2.44. The second-order valence-electron chi connectivity index (χ2n) is 7.27. The molecule has 1 aliphatic rings. The SMILES string of the molecule is COc1cc2c(cc1OC)C(c1cccs1)N(S(=O)(=O)c1cccc(C(C)=O)c1)CC2. The molecular formula is C23H23NO5S2. The van der Waals surface area contributed by atoms with Crippen molar-refractivity contribution in [3.8, 4) is 11.5 Å². The number of nitrogens with zero attached hydrogens (tertiary/aromatic N) is 1. The molecule has 0 aliphatic carbocycles. The van der Waals surface area contributed by atoms with E-state index >= 15 is 0 Å². The summed E-state index contributed by atoms with van der Waals surface area (Å²) in [5.41, 5.74) is 2.27. The zero-order valence-electron chi connectivity index (χ0n) is 17.5. The predicted octanol–water partition coefficient (Wildman–Crippen LogP) is 4.30. The van der Waals surface area contributed by atoms with Gasteiger partial charge in [-0.05, 0) is 60.2 Å². The van der Waals surface area contributed by atoms with Crippen LogP contribution >= 0.6 is 11.3 Å². The van der Waals surface area contributed by atoms with Gasteiger partial charge in [-0.25, -0.2) is 8.42 Å². The van der Waals surface area contributed by atoms with Gasteiger partial charge in [0.1, 0.15) is 0 Å². The smallest absolute Gasteiger partial charge is 0.244 e. The van der Waals surface area contributed by atoms with E-state index in [2.05, 4.69) is 0 Å². The van der Waals surface area contributed by atoms with Crippen molar-refractivity contribution in [3.05, 3.63) is 75.5 Å². The Hall–Kier alpha value is -2.68. The van der Waals surface area contributed by atoms with Gasteiger partial charge in [0.2, 0.25) is 10.0 Å². The van der Waals surface area contributed by atoms with Gasteiger partial charge in [0.15, 0.2) is 17.3 Å². The monoisotopic (exact) mass is 457 g/mol. The van der Waals surface area contributed by atoms with Gasteiger partial charge >= 0.3 is 0 Å². The molecule has 1 atom stereocenters. The number of benzene rings is 2. The molecule has 2 heterocycles. The molecule has 8 heteroatoms. The van der Waals surface area contributed by atoms with E-state index in [4.69, 9.17) is 9.47 Å². The van der Waals surface area contributed by atoms with E-state index in [1.165, 1.54) is 34.7 Å². The summed E-state index contributed by atoms with van der Waals surface area (Å²) in [6.45, 7) is 1.74. The Bertz CT molecular complexity index is 1220. The van der Waals surface area contributed by atoms with Crippen LogP contribution in [0.2, 0.25) is 0 Å². The first-order chi connectivity index (χ1) is 14.9. The van der Waals surface area contributed by atoms with Crippen LogP contribution in [0.15, 0.2) is 58.8 Å². The predicted molar refractivity (Wildman–Crippen MR) is 120 cm³/mol. The number of hydrogen-bond acceptors (Lipinski definition) is 6. The molecule has 3 aromatic rings. The second-order valence-corrected chi connectivity index (χ2v) is 10.1. The third-order valence-corrected chi connectivity index (χ3v) is 8.27. The molecule has 0 saturated carbocycles. The van der Waals surface area contributed by atoms with E-state index in [-0.39, 0.29) is 10.7 Å². The molecule has 1 unspecified atom stereocenters. The maximum absolute atomic E-state index is 13.7. The number of ketones is 1. The van der Waals surface area contributed by atoms with Crippen molar-refractivity contribution < 1.29 is 22.7 Å². The van der Waals surface area contributed by atoms with Gasteiger partial charge < -0.3 is 9.47 Å². The van der Waals surface area contributed by atoms with E-state index < -0.39 is 16.1 Å².